The van der Waals surface area contributed by atoms with Gasteiger partial charge in [0.25, 0.3) is 0 Å². The van der Waals surface area contributed by atoms with Crippen LogP contribution in [0.4, 0.5) is 4.39 Å². The molecule has 0 aliphatic rings. The number of aromatic carboxylic acids is 1. The summed E-state index contributed by atoms with van der Waals surface area (Å²) in [4.78, 5) is 15.8. The van der Waals surface area contributed by atoms with Gasteiger partial charge in [-0.25, -0.2) is 14.2 Å². The summed E-state index contributed by atoms with van der Waals surface area (Å²) in [5.41, 5.74) is 1.73. The van der Waals surface area contributed by atoms with Crippen LogP contribution in [0.1, 0.15) is 41.5 Å². The Morgan fingerprint density at radius 1 is 1.29 bits per heavy atom. The van der Waals surface area contributed by atoms with Gasteiger partial charge >= 0.3 is 5.97 Å². The zero-order valence-corrected chi connectivity index (χ0v) is 13.3. The Labute approximate surface area is 138 Å². The average Bonchev–Trinajstić information content (AvgIpc) is 3.00. The van der Waals surface area contributed by atoms with Crippen molar-refractivity contribution in [2.24, 2.45) is 0 Å². The molecular weight excluding hydrogens is 309 g/mol. The molecule has 24 heavy (non-hydrogen) atoms. The van der Waals surface area contributed by atoms with Gasteiger partial charge in [-0.05, 0) is 44.2 Å². The third kappa shape index (κ3) is 3.17. The van der Waals surface area contributed by atoms with Crippen molar-refractivity contribution in [3.8, 4) is 0 Å². The summed E-state index contributed by atoms with van der Waals surface area (Å²) in [6.45, 7) is 4.05. The molecule has 122 valence electrons. The molecule has 0 aliphatic heterocycles. The number of aromatic nitrogens is 3. The lowest BCUT2D eigenvalue weighted by molar-refractivity contribution is 0.0699. The van der Waals surface area contributed by atoms with Gasteiger partial charge < -0.3 is 5.11 Å². The van der Waals surface area contributed by atoms with Crippen LogP contribution in [0.15, 0.2) is 36.7 Å². The third-order valence-corrected chi connectivity index (χ3v) is 3.62. The van der Waals surface area contributed by atoms with Crippen LogP contribution in [-0.2, 0) is 0 Å². The molecule has 3 rings (SSSR count). The van der Waals surface area contributed by atoms with Gasteiger partial charge in [-0.1, -0.05) is 0 Å². The zero-order chi connectivity index (χ0) is 17.3. The minimum absolute atomic E-state index is 0.0949. The molecule has 3 aromatic rings. The Morgan fingerprint density at radius 3 is 2.75 bits per heavy atom. The molecule has 6 heteroatoms. The fraction of sp³-hybridized carbons (Fsp3) is 0.167. The van der Waals surface area contributed by atoms with Crippen molar-refractivity contribution in [2.45, 2.75) is 19.9 Å². The zero-order valence-electron chi connectivity index (χ0n) is 13.3. The molecule has 0 saturated heterocycles. The van der Waals surface area contributed by atoms with Crippen LogP contribution in [0.25, 0.3) is 23.1 Å². The van der Waals surface area contributed by atoms with E-state index in [2.05, 4.69) is 10.1 Å². The summed E-state index contributed by atoms with van der Waals surface area (Å²) in [5.74, 6) is -1.53. The summed E-state index contributed by atoms with van der Waals surface area (Å²) >= 11 is 0. The smallest absolute Gasteiger partial charge is 0.336 e. The van der Waals surface area contributed by atoms with Crippen LogP contribution < -0.4 is 0 Å². The molecular formula is C18H16FN3O2. The number of nitrogens with zero attached hydrogens (tertiary/aromatic N) is 3. The number of benzene rings is 1. The lowest BCUT2D eigenvalue weighted by atomic mass is 10.1. The highest BCUT2D eigenvalue weighted by Gasteiger charge is 2.11. The molecule has 0 amide bonds. The molecule has 0 atom stereocenters. The molecule has 0 saturated carbocycles. The SMILES string of the molecule is CC(C)n1cc(/C=C/c2cc(C(=O)O)c3ccc(F)cc3n2)cn1. The van der Waals surface area contributed by atoms with Crippen molar-refractivity contribution in [2.75, 3.05) is 0 Å². The van der Waals surface area contributed by atoms with Gasteiger partial charge in [0.2, 0.25) is 0 Å². The molecule has 0 bridgehead atoms. The van der Waals surface area contributed by atoms with Crippen LogP contribution in [0, 0.1) is 5.82 Å². The van der Waals surface area contributed by atoms with E-state index in [4.69, 9.17) is 0 Å². The number of fused-ring (bicyclic) bond motifs is 1. The van der Waals surface area contributed by atoms with E-state index in [9.17, 15) is 14.3 Å². The van der Waals surface area contributed by atoms with Crippen LogP contribution >= 0.6 is 0 Å². The third-order valence-electron chi connectivity index (χ3n) is 3.62. The van der Waals surface area contributed by atoms with Crippen LogP contribution in [0.2, 0.25) is 0 Å². The second kappa shape index (κ2) is 6.23. The second-order valence-corrected chi connectivity index (χ2v) is 5.74. The molecule has 0 spiro atoms. The summed E-state index contributed by atoms with van der Waals surface area (Å²) < 4.78 is 15.2. The van der Waals surface area contributed by atoms with Crippen molar-refractivity contribution in [3.05, 3.63) is 59.3 Å². The van der Waals surface area contributed by atoms with Gasteiger partial charge in [0.15, 0.2) is 0 Å². The van der Waals surface area contributed by atoms with Crippen LogP contribution in [0.5, 0.6) is 0 Å². The molecule has 0 unspecified atom stereocenters. The van der Waals surface area contributed by atoms with Crippen molar-refractivity contribution in [1.82, 2.24) is 14.8 Å². The van der Waals surface area contributed by atoms with E-state index < -0.39 is 11.8 Å². The van der Waals surface area contributed by atoms with Gasteiger partial charge in [0, 0.05) is 29.3 Å². The number of carboxylic acids is 1. The summed E-state index contributed by atoms with van der Waals surface area (Å²) in [6, 6.07) is 5.63. The topological polar surface area (TPSA) is 68.0 Å². The molecule has 0 radical (unpaired) electrons. The van der Waals surface area contributed by atoms with Crippen molar-refractivity contribution >= 4 is 29.0 Å². The van der Waals surface area contributed by atoms with E-state index >= 15 is 0 Å². The fourth-order valence-corrected chi connectivity index (χ4v) is 2.39. The highest BCUT2D eigenvalue weighted by Crippen LogP contribution is 2.21. The summed E-state index contributed by atoms with van der Waals surface area (Å²) in [6.07, 6.45) is 7.10. The quantitative estimate of drug-likeness (QED) is 0.786. The lowest BCUT2D eigenvalue weighted by Crippen LogP contribution is -2.00. The van der Waals surface area contributed by atoms with E-state index in [1.807, 2.05) is 24.7 Å². The fourth-order valence-electron chi connectivity index (χ4n) is 2.39. The first-order valence-corrected chi connectivity index (χ1v) is 7.50. The maximum absolute atomic E-state index is 13.4. The predicted molar refractivity (Wildman–Crippen MR) is 90.2 cm³/mol. The van der Waals surface area contributed by atoms with Crippen molar-refractivity contribution in [1.29, 1.82) is 0 Å². The number of pyridine rings is 1. The monoisotopic (exact) mass is 325 g/mol. The standard InChI is InChI=1S/C18H16FN3O2/c1-11(2)22-10-12(9-20-22)3-5-14-8-16(18(23)24)15-6-4-13(19)7-17(15)21-14/h3-11H,1-2H3,(H,23,24)/b5-3+. The first-order chi connectivity index (χ1) is 11.4. The van der Waals surface area contributed by atoms with Gasteiger partial charge in [-0.3, -0.25) is 4.68 Å². The van der Waals surface area contributed by atoms with E-state index in [0.717, 1.165) is 5.56 Å². The largest absolute Gasteiger partial charge is 0.478 e. The molecule has 0 fully saturated rings. The van der Waals surface area contributed by atoms with E-state index in [-0.39, 0.29) is 11.6 Å². The molecule has 2 aromatic heterocycles. The number of hydrogen-bond acceptors (Lipinski definition) is 3. The Morgan fingerprint density at radius 2 is 2.08 bits per heavy atom. The average molecular weight is 325 g/mol. The predicted octanol–water partition coefficient (Wildman–Crippen LogP) is 4.02. The molecule has 0 aliphatic carbocycles. The Hall–Kier alpha value is -3.02. The molecule has 1 aromatic carbocycles. The second-order valence-electron chi connectivity index (χ2n) is 5.74. The minimum Gasteiger partial charge on any atom is -0.478 e. The van der Waals surface area contributed by atoms with Crippen molar-refractivity contribution in [3.63, 3.8) is 0 Å². The highest BCUT2D eigenvalue weighted by atomic mass is 19.1. The normalized spacial score (nSPS) is 11.7. The number of carboxylic acid groups (broad SMARTS) is 1. The first-order valence-electron chi connectivity index (χ1n) is 7.50. The van der Waals surface area contributed by atoms with Crippen LogP contribution in [-0.4, -0.2) is 25.8 Å². The molecule has 1 N–H and O–H groups in total. The lowest BCUT2D eigenvalue weighted by Gasteiger charge is -2.04. The number of rotatable bonds is 4. The maximum Gasteiger partial charge on any atom is 0.336 e. The van der Waals surface area contributed by atoms with Crippen LogP contribution in [0.3, 0.4) is 0 Å². The maximum atomic E-state index is 13.4. The van der Waals surface area contributed by atoms with E-state index in [0.29, 0.717) is 16.6 Å². The summed E-state index contributed by atoms with van der Waals surface area (Å²) in [7, 11) is 0. The van der Waals surface area contributed by atoms with Gasteiger partial charge in [0.05, 0.1) is 23.0 Å². The van der Waals surface area contributed by atoms with Gasteiger partial charge in [-0.2, -0.15) is 5.10 Å². The minimum atomic E-state index is -1.07. The Balaban J connectivity index is 2.02. The number of hydrogen-bond donors (Lipinski definition) is 1. The first kappa shape index (κ1) is 15.9. The van der Waals surface area contributed by atoms with Gasteiger partial charge in [0.1, 0.15) is 5.82 Å². The van der Waals surface area contributed by atoms with E-state index in [1.54, 1.807) is 18.3 Å². The number of carbonyl (C=O) groups is 1. The van der Waals surface area contributed by atoms with Crippen molar-refractivity contribution < 1.29 is 14.3 Å². The molecule has 5 nitrogen and oxygen atoms in total. The highest BCUT2D eigenvalue weighted by molar-refractivity contribution is 6.03. The molecule has 2 heterocycles. The van der Waals surface area contributed by atoms with E-state index in [1.165, 1.54) is 24.3 Å². The summed E-state index contributed by atoms with van der Waals surface area (Å²) in [5, 5.41) is 14.0. The van der Waals surface area contributed by atoms with Gasteiger partial charge in [-0.15, -0.1) is 0 Å². The number of halogens is 1. The Bertz CT molecular complexity index is 945. The Kier molecular flexibility index (Phi) is 4.12.